The molecule has 11 nitrogen and oxygen atoms in total. The minimum absolute atomic E-state index is 0.0992. The lowest BCUT2D eigenvalue weighted by Crippen LogP contribution is -2.39. The molecule has 0 saturated carbocycles. The van der Waals surface area contributed by atoms with Crippen LogP contribution in [0.15, 0.2) is 54.3 Å². The summed E-state index contributed by atoms with van der Waals surface area (Å²) in [6.07, 6.45) is 8.12. The van der Waals surface area contributed by atoms with E-state index in [-0.39, 0.29) is 24.5 Å². The molecule has 256 valence electrons. The highest BCUT2D eigenvalue weighted by Crippen LogP contribution is 2.31. The molecule has 0 bridgehead atoms. The number of nitrogens with one attached hydrogen (secondary N) is 1. The molecular weight excluding hydrogens is 608 g/mol. The molecule has 0 atom stereocenters. The molecule has 0 spiro atoms. The predicted molar refractivity (Wildman–Crippen MR) is 187 cm³/mol. The first kappa shape index (κ1) is 34.7. The van der Waals surface area contributed by atoms with Crippen molar-refractivity contribution in [3.05, 3.63) is 71.1 Å². The first-order chi connectivity index (χ1) is 22.6. The highest BCUT2D eigenvalue weighted by atomic mass is 16.6. The summed E-state index contributed by atoms with van der Waals surface area (Å²) < 4.78 is 13.2. The highest BCUT2D eigenvalue weighted by Gasteiger charge is 2.29. The zero-order valence-electron chi connectivity index (χ0n) is 29.4. The fourth-order valence-corrected chi connectivity index (χ4v) is 5.70. The average molecular weight is 657 g/mol. The number of fused-ring (bicyclic) bond motifs is 1. The summed E-state index contributed by atoms with van der Waals surface area (Å²) >= 11 is 0. The van der Waals surface area contributed by atoms with Crippen LogP contribution in [0.2, 0.25) is 0 Å². The molecule has 1 aliphatic heterocycles. The molecule has 3 heterocycles. The highest BCUT2D eigenvalue weighted by molar-refractivity contribution is 6.04. The number of allylic oxidation sites excluding steroid dienone is 1. The van der Waals surface area contributed by atoms with Crippen molar-refractivity contribution in [1.82, 2.24) is 19.5 Å². The van der Waals surface area contributed by atoms with E-state index >= 15 is 0 Å². The van der Waals surface area contributed by atoms with E-state index in [0.717, 1.165) is 41.5 Å². The van der Waals surface area contributed by atoms with Crippen molar-refractivity contribution >= 4 is 40.8 Å². The van der Waals surface area contributed by atoms with Gasteiger partial charge in [0.05, 0.1) is 18.4 Å². The number of benzene rings is 1. The topological polar surface area (TPSA) is 118 Å². The van der Waals surface area contributed by atoms with Gasteiger partial charge in [0, 0.05) is 36.0 Å². The smallest absolute Gasteiger partial charge is 0.416 e. The molecule has 3 aromatic rings. The molecule has 1 aromatic carbocycles. The summed E-state index contributed by atoms with van der Waals surface area (Å²) in [5.74, 6) is 0.529. The van der Waals surface area contributed by atoms with E-state index in [1.165, 1.54) is 0 Å². The second-order valence-electron chi connectivity index (χ2n) is 14.7. The number of aromatic nitrogens is 3. The third-order valence-corrected chi connectivity index (χ3v) is 8.04. The van der Waals surface area contributed by atoms with Gasteiger partial charge in [0.25, 0.3) is 5.91 Å². The van der Waals surface area contributed by atoms with Crippen LogP contribution in [-0.2, 0) is 20.8 Å². The van der Waals surface area contributed by atoms with Gasteiger partial charge in [0.2, 0.25) is 0 Å². The molecule has 1 aliphatic carbocycles. The Labute approximate surface area is 283 Å². The molecule has 48 heavy (non-hydrogen) atoms. The Balaban J connectivity index is 1.53. The molecule has 11 heteroatoms. The molecule has 5 rings (SSSR count). The van der Waals surface area contributed by atoms with E-state index < -0.39 is 17.3 Å². The van der Waals surface area contributed by atoms with Gasteiger partial charge in [-0.05, 0) is 96.4 Å². The maximum Gasteiger partial charge on any atom is 0.416 e. The van der Waals surface area contributed by atoms with E-state index in [4.69, 9.17) is 19.6 Å². The number of ether oxygens (including phenoxy) is 2. The van der Waals surface area contributed by atoms with Crippen molar-refractivity contribution < 1.29 is 23.9 Å². The van der Waals surface area contributed by atoms with Gasteiger partial charge < -0.3 is 19.7 Å². The summed E-state index contributed by atoms with van der Waals surface area (Å²) in [6.45, 7) is 16.2. The van der Waals surface area contributed by atoms with Crippen LogP contribution < -0.4 is 10.2 Å². The number of rotatable bonds is 7. The maximum atomic E-state index is 14.0. The number of hydrogen-bond acceptors (Lipinski definition) is 7. The first-order valence-electron chi connectivity index (χ1n) is 16.7. The largest absolute Gasteiger partial charge is 0.444 e. The lowest BCUT2D eigenvalue weighted by Gasteiger charge is -2.30. The van der Waals surface area contributed by atoms with Crippen LogP contribution in [0.25, 0.3) is 11.2 Å². The number of nitrogens with zero attached hydrogens (tertiary/aromatic N) is 5. The normalized spacial score (nSPS) is 15.3. The molecule has 2 aliphatic rings. The Bertz CT molecular complexity index is 1760. The SMILES string of the molecule is CC(C)c1cnn2c(N(Cc3cccc(NC(=O)C4=CCCC4)c3)C(=O)OC(C)(C)C)cc(C3=CCN(C(=O)OC(C)(C)C)CC3)nc12. The Kier molecular flexibility index (Phi) is 9.98. The summed E-state index contributed by atoms with van der Waals surface area (Å²) in [5.41, 5.74) is 4.17. The minimum Gasteiger partial charge on any atom is -0.444 e. The molecule has 0 unspecified atom stereocenters. The maximum absolute atomic E-state index is 14.0. The van der Waals surface area contributed by atoms with Crippen LogP contribution in [0.5, 0.6) is 0 Å². The van der Waals surface area contributed by atoms with Crippen LogP contribution in [-0.4, -0.2) is 61.9 Å². The van der Waals surface area contributed by atoms with Gasteiger partial charge >= 0.3 is 12.2 Å². The van der Waals surface area contributed by atoms with Crippen LogP contribution in [0.4, 0.5) is 21.1 Å². The summed E-state index contributed by atoms with van der Waals surface area (Å²) in [7, 11) is 0. The van der Waals surface area contributed by atoms with Crippen molar-refractivity contribution in [2.24, 2.45) is 0 Å². The van der Waals surface area contributed by atoms with Crippen molar-refractivity contribution in [2.45, 2.75) is 105 Å². The summed E-state index contributed by atoms with van der Waals surface area (Å²) in [4.78, 5) is 47.8. The number of carbonyl (C=O) groups excluding carboxylic acids is 3. The molecule has 0 saturated heterocycles. The first-order valence-corrected chi connectivity index (χ1v) is 16.7. The standard InChI is InChI=1S/C37H48N6O5/c1-24(2)29-22-38-43-31(21-30(40-32(29)43)26-16-18-41(19-17-26)34(45)47-36(3,4)5)42(35(46)48-37(6,7)8)23-25-12-11-15-28(20-25)39-33(44)27-13-9-10-14-27/h11-13,15-16,20-22,24H,9-10,14,17-19,23H2,1-8H3,(H,39,44). The van der Waals surface area contributed by atoms with Crippen molar-refractivity contribution in [3.8, 4) is 0 Å². The van der Waals surface area contributed by atoms with Crippen LogP contribution in [0, 0.1) is 0 Å². The lowest BCUT2D eigenvalue weighted by molar-refractivity contribution is -0.112. The Morgan fingerprint density at radius 3 is 2.38 bits per heavy atom. The van der Waals surface area contributed by atoms with E-state index in [0.29, 0.717) is 42.4 Å². The third-order valence-electron chi connectivity index (χ3n) is 8.04. The van der Waals surface area contributed by atoms with E-state index in [9.17, 15) is 14.4 Å². The number of hydrogen-bond donors (Lipinski definition) is 1. The third kappa shape index (κ3) is 8.42. The fourth-order valence-electron chi connectivity index (χ4n) is 5.70. The number of carbonyl (C=O) groups is 3. The zero-order valence-corrected chi connectivity index (χ0v) is 29.4. The summed E-state index contributed by atoms with van der Waals surface area (Å²) in [5, 5.41) is 7.70. The van der Waals surface area contributed by atoms with Gasteiger partial charge in [0.15, 0.2) is 5.65 Å². The molecule has 2 aromatic heterocycles. The molecule has 0 radical (unpaired) electrons. The van der Waals surface area contributed by atoms with Gasteiger partial charge in [0.1, 0.15) is 17.0 Å². The van der Waals surface area contributed by atoms with Crippen molar-refractivity contribution in [2.75, 3.05) is 23.3 Å². The number of anilines is 2. The van der Waals surface area contributed by atoms with Gasteiger partial charge in [-0.25, -0.2) is 14.6 Å². The Hall–Kier alpha value is -4.67. The van der Waals surface area contributed by atoms with Crippen molar-refractivity contribution in [1.29, 1.82) is 0 Å². The van der Waals surface area contributed by atoms with Crippen LogP contribution >= 0.6 is 0 Å². The molecular formula is C37H48N6O5. The second kappa shape index (κ2) is 13.8. The molecule has 0 fully saturated rings. The van der Waals surface area contributed by atoms with E-state index in [1.807, 2.05) is 84.0 Å². The molecule has 3 amide bonds. The summed E-state index contributed by atoms with van der Waals surface area (Å²) in [6, 6.07) is 9.36. The van der Waals surface area contributed by atoms with Crippen LogP contribution in [0.1, 0.15) is 104 Å². The zero-order chi connectivity index (χ0) is 34.8. The Morgan fingerprint density at radius 2 is 1.75 bits per heavy atom. The quantitative estimate of drug-likeness (QED) is 0.275. The average Bonchev–Trinajstić information content (AvgIpc) is 3.69. The Morgan fingerprint density at radius 1 is 1.00 bits per heavy atom. The van der Waals surface area contributed by atoms with E-state index in [1.54, 1.807) is 20.5 Å². The van der Waals surface area contributed by atoms with Crippen molar-refractivity contribution in [3.63, 3.8) is 0 Å². The second-order valence-corrected chi connectivity index (χ2v) is 14.7. The monoisotopic (exact) mass is 656 g/mol. The van der Waals surface area contributed by atoms with Gasteiger partial charge in [-0.2, -0.15) is 9.61 Å². The van der Waals surface area contributed by atoms with Gasteiger partial charge in [-0.1, -0.05) is 38.1 Å². The van der Waals surface area contributed by atoms with E-state index in [2.05, 4.69) is 19.2 Å². The fraction of sp³-hybridized carbons (Fsp3) is 0.486. The predicted octanol–water partition coefficient (Wildman–Crippen LogP) is 7.87. The van der Waals surface area contributed by atoms with Gasteiger partial charge in [-0.15, -0.1) is 0 Å². The van der Waals surface area contributed by atoms with Gasteiger partial charge in [-0.3, -0.25) is 9.69 Å². The lowest BCUT2D eigenvalue weighted by atomic mass is 10.0. The van der Waals surface area contributed by atoms with Crippen LogP contribution in [0.3, 0.4) is 0 Å². The minimum atomic E-state index is -0.751. The molecule has 1 N–H and O–H groups in total. The number of amides is 3.